The Kier molecular flexibility index (Phi) is 3.57. The lowest BCUT2D eigenvalue weighted by Gasteiger charge is -2.10. The first-order valence-electron chi connectivity index (χ1n) is 5.48. The summed E-state index contributed by atoms with van der Waals surface area (Å²) in [4.78, 5) is 0. The maximum atomic E-state index is 5.74. The van der Waals surface area contributed by atoms with Gasteiger partial charge in [0.2, 0.25) is 0 Å². The molecule has 0 radical (unpaired) electrons. The molecular weight excluding hydrogens is 230 g/mol. The Balaban J connectivity index is 2.22. The summed E-state index contributed by atoms with van der Waals surface area (Å²) in [5, 5.41) is 0. The molecular formula is C14H15NO3. The van der Waals surface area contributed by atoms with Crippen LogP contribution in [0.1, 0.15) is 0 Å². The van der Waals surface area contributed by atoms with Gasteiger partial charge in [0.25, 0.3) is 0 Å². The van der Waals surface area contributed by atoms with Gasteiger partial charge in [0.05, 0.1) is 19.9 Å². The van der Waals surface area contributed by atoms with Gasteiger partial charge in [-0.25, -0.2) is 0 Å². The van der Waals surface area contributed by atoms with E-state index in [9.17, 15) is 0 Å². The van der Waals surface area contributed by atoms with Crippen LogP contribution in [0.4, 0.5) is 5.69 Å². The molecule has 0 heterocycles. The molecule has 0 spiro atoms. The van der Waals surface area contributed by atoms with Crippen LogP contribution in [0.2, 0.25) is 0 Å². The molecule has 2 aromatic rings. The second-order valence-corrected chi connectivity index (χ2v) is 3.68. The van der Waals surface area contributed by atoms with Crippen LogP contribution in [0.5, 0.6) is 23.0 Å². The third-order valence-electron chi connectivity index (χ3n) is 2.48. The molecule has 2 rings (SSSR count). The van der Waals surface area contributed by atoms with Crippen molar-refractivity contribution in [3.8, 4) is 23.0 Å². The molecule has 0 unspecified atom stereocenters. The van der Waals surface area contributed by atoms with E-state index in [1.165, 1.54) is 0 Å². The van der Waals surface area contributed by atoms with E-state index in [1.807, 2.05) is 24.3 Å². The van der Waals surface area contributed by atoms with Crippen LogP contribution in [-0.4, -0.2) is 14.2 Å². The molecule has 0 bridgehead atoms. The highest BCUT2D eigenvalue weighted by Crippen LogP contribution is 2.30. The Labute approximate surface area is 106 Å². The van der Waals surface area contributed by atoms with Gasteiger partial charge in [-0.1, -0.05) is 6.07 Å². The van der Waals surface area contributed by atoms with Crippen molar-refractivity contribution in [2.45, 2.75) is 0 Å². The summed E-state index contributed by atoms with van der Waals surface area (Å²) in [6.45, 7) is 0. The number of ether oxygens (including phenoxy) is 3. The topological polar surface area (TPSA) is 53.7 Å². The SMILES string of the molecule is COc1cccc(Oc2ccc(N)c(OC)c2)c1. The molecule has 2 aromatic carbocycles. The Morgan fingerprint density at radius 1 is 0.833 bits per heavy atom. The molecule has 0 amide bonds. The average molecular weight is 245 g/mol. The van der Waals surface area contributed by atoms with Crippen LogP contribution in [0, 0.1) is 0 Å². The summed E-state index contributed by atoms with van der Waals surface area (Å²) in [7, 11) is 3.19. The molecule has 0 saturated heterocycles. The van der Waals surface area contributed by atoms with E-state index in [1.54, 1.807) is 32.4 Å². The standard InChI is InChI=1S/C14H15NO3/c1-16-10-4-3-5-11(8-10)18-12-6-7-13(15)14(9-12)17-2/h3-9H,15H2,1-2H3. The zero-order valence-corrected chi connectivity index (χ0v) is 10.3. The van der Waals surface area contributed by atoms with Gasteiger partial charge in [-0.2, -0.15) is 0 Å². The number of methoxy groups -OCH3 is 2. The minimum absolute atomic E-state index is 0.579. The lowest BCUT2D eigenvalue weighted by Crippen LogP contribution is -1.93. The minimum atomic E-state index is 0.579. The summed E-state index contributed by atoms with van der Waals surface area (Å²) >= 11 is 0. The normalized spacial score (nSPS) is 9.89. The highest BCUT2D eigenvalue weighted by Gasteiger charge is 2.03. The summed E-state index contributed by atoms with van der Waals surface area (Å²) < 4.78 is 16.0. The molecule has 0 saturated carbocycles. The lowest BCUT2D eigenvalue weighted by molar-refractivity contribution is 0.405. The van der Waals surface area contributed by atoms with Crippen molar-refractivity contribution in [2.24, 2.45) is 0 Å². The van der Waals surface area contributed by atoms with Crippen molar-refractivity contribution in [3.05, 3.63) is 42.5 Å². The van der Waals surface area contributed by atoms with Crippen LogP contribution in [-0.2, 0) is 0 Å². The zero-order chi connectivity index (χ0) is 13.0. The summed E-state index contributed by atoms with van der Waals surface area (Å²) in [5.74, 6) is 2.70. The molecule has 0 aromatic heterocycles. The maximum Gasteiger partial charge on any atom is 0.145 e. The summed E-state index contributed by atoms with van der Waals surface area (Å²) in [5.41, 5.74) is 6.32. The predicted molar refractivity (Wildman–Crippen MR) is 70.5 cm³/mol. The largest absolute Gasteiger partial charge is 0.497 e. The molecule has 0 fully saturated rings. The fourth-order valence-electron chi connectivity index (χ4n) is 1.56. The van der Waals surface area contributed by atoms with Gasteiger partial charge >= 0.3 is 0 Å². The highest BCUT2D eigenvalue weighted by molar-refractivity contribution is 5.56. The van der Waals surface area contributed by atoms with Gasteiger partial charge in [0.1, 0.15) is 23.0 Å². The van der Waals surface area contributed by atoms with Crippen molar-refractivity contribution in [3.63, 3.8) is 0 Å². The number of benzene rings is 2. The number of hydrogen-bond acceptors (Lipinski definition) is 4. The van der Waals surface area contributed by atoms with Crippen LogP contribution in [0.25, 0.3) is 0 Å². The van der Waals surface area contributed by atoms with Gasteiger partial charge in [-0.3, -0.25) is 0 Å². The second kappa shape index (κ2) is 5.31. The molecule has 2 N–H and O–H groups in total. The Morgan fingerprint density at radius 3 is 2.28 bits per heavy atom. The van der Waals surface area contributed by atoms with E-state index in [-0.39, 0.29) is 0 Å². The number of rotatable bonds is 4. The van der Waals surface area contributed by atoms with E-state index >= 15 is 0 Å². The van der Waals surface area contributed by atoms with E-state index in [0.29, 0.717) is 22.9 Å². The van der Waals surface area contributed by atoms with Crippen LogP contribution >= 0.6 is 0 Å². The Morgan fingerprint density at radius 2 is 1.56 bits per heavy atom. The molecule has 18 heavy (non-hydrogen) atoms. The fourth-order valence-corrected chi connectivity index (χ4v) is 1.56. The molecule has 0 atom stereocenters. The van der Waals surface area contributed by atoms with Crippen molar-refractivity contribution in [1.29, 1.82) is 0 Å². The molecule has 4 heteroatoms. The first-order chi connectivity index (χ1) is 8.72. The number of hydrogen-bond donors (Lipinski definition) is 1. The van der Waals surface area contributed by atoms with E-state index in [4.69, 9.17) is 19.9 Å². The third kappa shape index (κ3) is 2.66. The van der Waals surface area contributed by atoms with Crippen LogP contribution in [0.15, 0.2) is 42.5 Å². The molecule has 4 nitrogen and oxygen atoms in total. The van der Waals surface area contributed by atoms with Gasteiger partial charge in [0, 0.05) is 12.1 Å². The van der Waals surface area contributed by atoms with Gasteiger partial charge < -0.3 is 19.9 Å². The monoisotopic (exact) mass is 245 g/mol. The quantitative estimate of drug-likeness (QED) is 0.841. The third-order valence-corrected chi connectivity index (χ3v) is 2.48. The average Bonchev–Trinajstić information content (AvgIpc) is 2.41. The minimum Gasteiger partial charge on any atom is -0.497 e. The van der Waals surface area contributed by atoms with Crippen molar-refractivity contribution < 1.29 is 14.2 Å². The number of nitrogens with two attached hydrogens (primary N) is 1. The first-order valence-corrected chi connectivity index (χ1v) is 5.48. The summed E-state index contributed by atoms with van der Waals surface area (Å²) in [6, 6.07) is 12.7. The van der Waals surface area contributed by atoms with Crippen molar-refractivity contribution in [2.75, 3.05) is 20.0 Å². The summed E-state index contributed by atoms with van der Waals surface area (Å²) in [6.07, 6.45) is 0. The van der Waals surface area contributed by atoms with Crippen molar-refractivity contribution >= 4 is 5.69 Å². The predicted octanol–water partition coefficient (Wildman–Crippen LogP) is 3.08. The van der Waals surface area contributed by atoms with Crippen LogP contribution in [0.3, 0.4) is 0 Å². The maximum absolute atomic E-state index is 5.74. The van der Waals surface area contributed by atoms with E-state index < -0.39 is 0 Å². The molecule has 0 aliphatic heterocycles. The van der Waals surface area contributed by atoms with Crippen LogP contribution < -0.4 is 19.9 Å². The van der Waals surface area contributed by atoms with Gasteiger partial charge in [0.15, 0.2) is 0 Å². The Bertz CT molecular complexity index is 540. The van der Waals surface area contributed by atoms with E-state index in [0.717, 1.165) is 5.75 Å². The second-order valence-electron chi connectivity index (χ2n) is 3.68. The number of nitrogen functional groups attached to an aromatic ring is 1. The Hall–Kier alpha value is -2.36. The molecule has 0 aliphatic carbocycles. The molecule has 94 valence electrons. The lowest BCUT2D eigenvalue weighted by atomic mass is 10.2. The smallest absolute Gasteiger partial charge is 0.145 e. The first kappa shape index (κ1) is 12.1. The zero-order valence-electron chi connectivity index (χ0n) is 10.3. The van der Waals surface area contributed by atoms with E-state index in [2.05, 4.69) is 0 Å². The van der Waals surface area contributed by atoms with Crippen molar-refractivity contribution in [1.82, 2.24) is 0 Å². The van der Waals surface area contributed by atoms with Gasteiger partial charge in [-0.05, 0) is 24.3 Å². The number of anilines is 1. The van der Waals surface area contributed by atoms with Gasteiger partial charge in [-0.15, -0.1) is 0 Å². The molecule has 0 aliphatic rings. The fraction of sp³-hybridized carbons (Fsp3) is 0.143. The highest BCUT2D eigenvalue weighted by atomic mass is 16.5.